The number of rotatable bonds is 1. The minimum atomic E-state index is -0.541. The van der Waals surface area contributed by atoms with Crippen molar-refractivity contribution in [1.29, 1.82) is 0 Å². The zero-order valence-corrected chi connectivity index (χ0v) is 6.78. The Bertz CT molecular complexity index is 376. The van der Waals surface area contributed by atoms with Gasteiger partial charge in [-0.05, 0) is 18.6 Å². The smallest absolute Gasteiger partial charge is 0.315 e. The third-order valence-corrected chi connectivity index (χ3v) is 2.13. The lowest BCUT2D eigenvalue weighted by Gasteiger charge is -2.01. The van der Waals surface area contributed by atoms with Crippen LogP contribution in [-0.4, -0.2) is 16.6 Å². The average molecular weight is 180 g/mol. The van der Waals surface area contributed by atoms with Crippen molar-refractivity contribution in [2.45, 2.75) is 6.42 Å². The zero-order chi connectivity index (χ0) is 9.42. The van der Waals surface area contributed by atoms with Gasteiger partial charge < -0.3 is 10.4 Å². The summed E-state index contributed by atoms with van der Waals surface area (Å²) in [4.78, 5) is 10.1. The molecule has 0 aliphatic carbocycles. The van der Waals surface area contributed by atoms with Gasteiger partial charge in [-0.3, -0.25) is 10.1 Å². The number of nitrogens with one attached hydrogen (secondary N) is 1. The van der Waals surface area contributed by atoms with Crippen LogP contribution in [-0.2, 0) is 6.42 Å². The molecular weight excluding hydrogens is 172 g/mol. The van der Waals surface area contributed by atoms with Crippen LogP contribution in [0.4, 0.5) is 11.4 Å². The molecule has 1 heterocycles. The molecule has 0 bridgehead atoms. The summed E-state index contributed by atoms with van der Waals surface area (Å²) in [5, 5.41) is 22.9. The van der Waals surface area contributed by atoms with Crippen molar-refractivity contribution in [3.8, 4) is 5.75 Å². The second kappa shape index (κ2) is 2.62. The van der Waals surface area contributed by atoms with E-state index in [2.05, 4.69) is 5.32 Å². The molecule has 0 aromatic heterocycles. The van der Waals surface area contributed by atoms with Crippen LogP contribution in [0.1, 0.15) is 5.56 Å². The monoisotopic (exact) mass is 180 g/mol. The normalized spacial score (nSPS) is 13.5. The molecule has 0 saturated carbocycles. The van der Waals surface area contributed by atoms with E-state index in [0.717, 1.165) is 5.69 Å². The molecule has 0 unspecified atom stereocenters. The molecule has 0 atom stereocenters. The number of nitrogens with zero attached hydrogens (tertiary/aromatic N) is 1. The summed E-state index contributed by atoms with van der Waals surface area (Å²) in [7, 11) is 0. The lowest BCUT2D eigenvalue weighted by molar-refractivity contribution is -0.386. The summed E-state index contributed by atoms with van der Waals surface area (Å²) in [5.74, 6) is -0.257. The van der Waals surface area contributed by atoms with E-state index in [1.54, 1.807) is 6.07 Å². The molecule has 5 heteroatoms. The number of nitro benzene ring substituents is 1. The topological polar surface area (TPSA) is 75.4 Å². The quantitative estimate of drug-likeness (QED) is 0.387. The lowest BCUT2D eigenvalue weighted by atomic mass is 10.1. The van der Waals surface area contributed by atoms with E-state index in [1.807, 2.05) is 0 Å². The van der Waals surface area contributed by atoms with Crippen molar-refractivity contribution in [1.82, 2.24) is 0 Å². The first-order chi connectivity index (χ1) is 6.20. The molecule has 0 radical (unpaired) electrons. The second-order valence-corrected chi connectivity index (χ2v) is 2.89. The molecule has 68 valence electrons. The van der Waals surface area contributed by atoms with Gasteiger partial charge in [0.25, 0.3) is 0 Å². The highest BCUT2D eigenvalue weighted by Gasteiger charge is 2.25. The first kappa shape index (κ1) is 7.85. The predicted molar refractivity (Wildman–Crippen MR) is 47.0 cm³/mol. The van der Waals surface area contributed by atoms with Crippen LogP contribution in [0.3, 0.4) is 0 Å². The summed E-state index contributed by atoms with van der Waals surface area (Å²) >= 11 is 0. The predicted octanol–water partition coefficient (Wildman–Crippen LogP) is 1.27. The van der Waals surface area contributed by atoms with Crippen molar-refractivity contribution >= 4 is 11.4 Å². The number of anilines is 1. The van der Waals surface area contributed by atoms with Gasteiger partial charge in [-0.25, -0.2) is 0 Å². The van der Waals surface area contributed by atoms with Crippen molar-refractivity contribution in [3.63, 3.8) is 0 Å². The van der Waals surface area contributed by atoms with Crippen LogP contribution >= 0.6 is 0 Å². The third kappa shape index (κ3) is 1.09. The van der Waals surface area contributed by atoms with Crippen molar-refractivity contribution in [2.24, 2.45) is 0 Å². The summed E-state index contributed by atoms with van der Waals surface area (Å²) < 4.78 is 0. The number of hydrogen-bond donors (Lipinski definition) is 2. The molecule has 2 rings (SSSR count). The van der Waals surface area contributed by atoms with E-state index in [1.165, 1.54) is 6.07 Å². The Balaban J connectivity index is 2.65. The molecule has 1 aromatic rings. The summed E-state index contributed by atoms with van der Waals surface area (Å²) in [6.45, 7) is 0.694. The summed E-state index contributed by atoms with van der Waals surface area (Å²) in [6, 6.07) is 3.00. The second-order valence-electron chi connectivity index (χ2n) is 2.89. The van der Waals surface area contributed by atoms with Crippen molar-refractivity contribution in [2.75, 3.05) is 11.9 Å². The van der Waals surface area contributed by atoms with Crippen LogP contribution in [0.5, 0.6) is 5.75 Å². The number of phenols is 1. The van der Waals surface area contributed by atoms with Gasteiger partial charge >= 0.3 is 5.69 Å². The Hall–Kier alpha value is -1.78. The Morgan fingerprint density at radius 1 is 1.54 bits per heavy atom. The number of aromatic hydroxyl groups is 1. The molecule has 0 spiro atoms. The summed E-state index contributed by atoms with van der Waals surface area (Å²) in [6.07, 6.45) is 0.597. The van der Waals surface area contributed by atoms with Gasteiger partial charge in [-0.2, -0.15) is 0 Å². The number of nitro groups is 1. The molecule has 1 aromatic carbocycles. The number of phenolic OH excluding ortho intramolecular Hbond substituents is 1. The number of fused-ring (bicyclic) bond motifs is 1. The van der Waals surface area contributed by atoms with Crippen LogP contribution in [0.15, 0.2) is 12.1 Å². The SMILES string of the molecule is O=[N+]([O-])c1c(O)ccc2c1CCN2. The minimum Gasteiger partial charge on any atom is -0.502 e. The molecule has 2 N–H and O–H groups in total. The van der Waals surface area contributed by atoms with Crippen LogP contribution in [0.2, 0.25) is 0 Å². The maximum absolute atomic E-state index is 10.6. The van der Waals surface area contributed by atoms with E-state index < -0.39 is 4.92 Å². The van der Waals surface area contributed by atoms with Gasteiger partial charge in [-0.1, -0.05) is 0 Å². The highest BCUT2D eigenvalue weighted by molar-refractivity contribution is 5.68. The average Bonchev–Trinajstić information content (AvgIpc) is 2.50. The van der Waals surface area contributed by atoms with Crippen LogP contribution < -0.4 is 5.32 Å². The Morgan fingerprint density at radius 3 is 3.00 bits per heavy atom. The van der Waals surface area contributed by atoms with E-state index in [-0.39, 0.29) is 11.4 Å². The van der Waals surface area contributed by atoms with Gasteiger partial charge in [-0.15, -0.1) is 0 Å². The van der Waals surface area contributed by atoms with E-state index >= 15 is 0 Å². The lowest BCUT2D eigenvalue weighted by Crippen LogP contribution is -1.93. The van der Waals surface area contributed by atoms with Gasteiger partial charge in [0, 0.05) is 12.2 Å². The fraction of sp³-hybridized carbons (Fsp3) is 0.250. The van der Waals surface area contributed by atoms with E-state index in [4.69, 9.17) is 0 Å². The zero-order valence-electron chi connectivity index (χ0n) is 6.78. The molecule has 13 heavy (non-hydrogen) atoms. The molecule has 1 aliphatic rings. The van der Waals surface area contributed by atoms with Gasteiger partial charge in [0.05, 0.1) is 10.5 Å². The highest BCUT2D eigenvalue weighted by Crippen LogP contribution is 2.37. The Labute approximate surface area is 74.2 Å². The highest BCUT2D eigenvalue weighted by atomic mass is 16.6. The molecule has 0 amide bonds. The molecule has 0 saturated heterocycles. The molecular formula is C8H8N2O3. The maximum Gasteiger partial charge on any atom is 0.315 e. The first-order valence-electron chi connectivity index (χ1n) is 3.93. The first-order valence-corrected chi connectivity index (χ1v) is 3.93. The minimum absolute atomic E-state index is 0.164. The number of benzene rings is 1. The standard InChI is InChI=1S/C8H8N2O3/c11-7-2-1-6-5(3-4-9-6)8(7)10(12)13/h1-2,9,11H,3-4H2. The Morgan fingerprint density at radius 2 is 2.31 bits per heavy atom. The van der Waals surface area contributed by atoms with Gasteiger partial charge in [0.2, 0.25) is 0 Å². The van der Waals surface area contributed by atoms with Crippen LogP contribution in [0.25, 0.3) is 0 Å². The van der Waals surface area contributed by atoms with E-state index in [9.17, 15) is 15.2 Å². The van der Waals surface area contributed by atoms with E-state index in [0.29, 0.717) is 18.5 Å². The fourth-order valence-electron chi connectivity index (χ4n) is 1.57. The van der Waals surface area contributed by atoms with Crippen LogP contribution in [0, 0.1) is 10.1 Å². The molecule has 1 aliphatic heterocycles. The maximum atomic E-state index is 10.6. The van der Waals surface area contributed by atoms with Gasteiger partial charge in [0.15, 0.2) is 5.75 Å². The van der Waals surface area contributed by atoms with Gasteiger partial charge in [0.1, 0.15) is 0 Å². The number of hydrogen-bond acceptors (Lipinski definition) is 4. The fourth-order valence-corrected chi connectivity index (χ4v) is 1.57. The Kier molecular flexibility index (Phi) is 1.58. The summed E-state index contributed by atoms with van der Waals surface area (Å²) in [5.41, 5.74) is 1.19. The van der Waals surface area contributed by atoms with Crippen molar-refractivity contribution < 1.29 is 10.0 Å². The molecule has 0 fully saturated rings. The van der Waals surface area contributed by atoms with Crippen molar-refractivity contribution in [3.05, 3.63) is 27.8 Å². The largest absolute Gasteiger partial charge is 0.502 e. The third-order valence-electron chi connectivity index (χ3n) is 2.13. The molecule has 5 nitrogen and oxygen atoms in total.